The third-order valence-electron chi connectivity index (χ3n) is 1.59. The lowest BCUT2D eigenvalue weighted by Crippen LogP contribution is -2.38. The zero-order valence-corrected chi connectivity index (χ0v) is 9.36. The molecule has 0 bridgehead atoms. The summed E-state index contributed by atoms with van der Waals surface area (Å²) >= 11 is 0. The Kier molecular flexibility index (Phi) is 8.63. The van der Waals surface area contributed by atoms with Crippen molar-refractivity contribution < 1.29 is 9.21 Å². The lowest BCUT2D eigenvalue weighted by Gasteiger charge is -2.07. The summed E-state index contributed by atoms with van der Waals surface area (Å²) in [5.41, 5.74) is 5.04. The second kappa shape index (κ2) is 7.67. The maximum Gasteiger partial charge on any atom is 0.234 e. The van der Waals surface area contributed by atoms with Gasteiger partial charge in [-0.05, 0) is 19.1 Å². The molecule has 1 rings (SSSR count). The van der Waals surface area contributed by atoms with E-state index in [9.17, 15) is 4.79 Å². The third kappa shape index (κ3) is 5.11. The molecule has 1 atom stereocenters. The predicted molar refractivity (Wildman–Crippen MR) is 58.7 cm³/mol. The van der Waals surface area contributed by atoms with Crippen molar-refractivity contribution >= 4 is 30.7 Å². The lowest BCUT2D eigenvalue weighted by atomic mass is 10.3. The van der Waals surface area contributed by atoms with E-state index in [4.69, 9.17) is 10.2 Å². The van der Waals surface area contributed by atoms with Crippen LogP contribution in [0.25, 0.3) is 0 Å². The molecule has 1 unspecified atom stereocenters. The predicted octanol–water partition coefficient (Wildman–Crippen LogP) is 1.09. The van der Waals surface area contributed by atoms with Gasteiger partial charge in [-0.25, -0.2) is 0 Å². The summed E-state index contributed by atoms with van der Waals surface area (Å²) in [6, 6.07) is 3.31. The minimum atomic E-state index is -0.360. The maximum absolute atomic E-state index is 10.6. The Bertz CT molecular complexity index is 252. The second-order valence-corrected chi connectivity index (χ2v) is 2.58. The van der Waals surface area contributed by atoms with Crippen molar-refractivity contribution in [1.82, 2.24) is 5.32 Å². The normalized spacial score (nSPS) is 10.9. The molecule has 1 heterocycles. The zero-order chi connectivity index (χ0) is 8.97. The maximum atomic E-state index is 10.6. The van der Waals surface area contributed by atoms with E-state index in [1.807, 2.05) is 6.07 Å². The molecule has 1 aromatic heterocycles. The topological polar surface area (TPSA) is 68.3 Å². The molecule has 0 aliphatic rings. The molecule has 0 saturated heterocycles. The highest BCUT2D eigenvalue weighted by Crippen LogP contribution is 1.98. The van der Waals surface area contributed by atoms with Crippen molar-refractivity contribution in [3.05, 3.63) is 24.2 Å². The van der Waals surface area contributed by atoms with Gasteiger partial charge in [0.15, 0.2) is 0 Å². The number of nitrogens with two attached hydrogens (primary N) is 1. The lowest BCUT2D eigenvalue weighted by molar-refractivity contribution is -0.119. The van der Waals surface area contributed by atoms with E-state index in [0.717, 1.165) is 5.76 Å². The van der Waals surface area contributed by atoms with E-state index in [1.165, 1.54) is 0 Å². The van der Waals surface area contributed by atoms with Crippen molar-refractivity contribution in [3.8, 4) is 0 Å². The van der Waals surface area contributed by atoms with E-state index in [0.29, 0.717) is 6.54 Å². The molecule has 0 radical (unpaired) electrons. The highest BCUT2D eigenvalue weighted by molar-refractivity contribution is 5.85. The Labute approximate surface area is 95.0 Å². The van der Waals surface area contributed by atoms with Crippen molar-refractivity contribution in [2.75, 3.05) is 0 Å². The van der Waals surface area contributed by atoms with Gasteiger partial charge in [0.25, 0.3) is 0 Å². The van der Waals surface area contributed by atoms with Gasteiger partial charge in [-0.15, -0.1) is 24.8 Å². The van der Waals surface area contributed by atoms with E-state index in [2.05, 4.69) is 5.32 Å². The van der Waals surface area contributed by atoms with Crippen LogP contribution in [0, 0.1) is 0 Å². The van der Waals surface area contributed by atoms with Crippen LogP contribution in [0.3, 0.4) is 0 Å². The van der Waals surface area contributed by atoms with E-state index in [1.54, 1.807) is 19.3 Å². The van der Waals surface area contributed by atoms with Crippen LogP contribution in [-0.2, 0) is 11.3 Å². The number of primary amides is 1. The van der Waals surface area contributed by atoms with E-state index in [-0.39, 0.29) is 36.8 Å². The number of halogens is 2. The molecule has 82 valence electrons. The summed E-state index contributed by atoms with van der Waals surface area (Å²) in [4.78, 5) is 10.6. The summed E-state index contributed by atoms with van der Waals surface area (Å²) < 4.78 is 5.05. The van der Waals surface area contributed by atoms with Gasteiger partial charge in [0.1, 0.15) is 5.76 Å². The highest BCUT2D eigenvalue weighted by Gasteiger charge is 2.07. The first-order valence-electron chi connectivity index (χ1n) is 3.75. The molecule has 0 aromatic carbocycles. The number of nitrogens with one attached hydrogen (secondary N) is 1. The highest BCUT2D eigenvalue weighted by atomic mass is 35.5. The van der Waals surface area contributed by atoms with Gasteiger partial charge < -0.3 is 10.2 Å². The Morgan fingerprint density at radius 1 is 1.64 bits per heavy atom. The van der Waals surface area contributed by atoms with Crippen molar-refractivity contribution in [2.24, 2.45) is 5.73 Å². The molecule has 0 aliphatic heterocycles. The monoisotopic (exact) mass is 240 g/mol. The first-order chi connectivity index (χ1) is 5.70. The Morgan fingerprint density at radius 2 is 2.29 bits per heavy atom. The molecule has 0 aliphatic carbocycles. The number of carbonyl (C=O) groups is 1. The van der Waals surface area contributed by atoms with Crippen molar-refractivity contribution in [1.29, 1.82) is 0 Å². The van der Waals surface area contributed by atoms with Gasteiger partial charge in [-0.2, -0.15) is 0 Å². The molecule has 14 heavy (non-hydrogen) atoms. The fourth-order valence-corrected chi connectivity index (χ4v) is 0.767. The molecule has 1 amide bonds. The molecule has 4 nitrogen and oxygen atoms in total. The van der Waals surface area contributed by atoms with Gasteiger partial charge >= 0.3 is 0 Å². The molecule has 0 saturated carbocycles. The van der Waals surface area contributed by atoms with Crippen molar-refractivity contribution in [2.45, 2.75) is 19.5 Å². The van der Waals surface area contributed by atoms with Crippen LogP contribution < -0.4 is 11.1 Å². The van der Waals surface area contributed by atoms with Crippen LogP contribution in [0.4, 0.5) is 0 Å². The zero-order valence-electron chi connectivity index (χ0n) is 7.73. The minimum Gasteiger partial charge on any atom is -0.468 e. The van der Waals surface area contributed by atoms with Crippen LogP contribution in [-0.4, -0.2) is 11.9 Å². The fraction of sp³-hybridized carbons (Fsp3) is 0.375. The Morgan fingerprint density at radius 3 is 2.71 bits per heavy atom. The molecule has 0 spiro atoms. The average Bonchev–Trinajstić information content (AvgIpc) is 2.51. The SMILES string of the molecule is CC(NCc1ccco1)C(N)=O.Cl.Cl. The van der Waals surface area contributed by atoms with Gasteiger partial charge in [0, 0.05) is 0 Å². The molecular formula is C8H14Cl2N2O2. The van der Waals surface area contributed by atoms with E-state index < -0.39 is 0 Å². The standard InChI is InChI=1S/C8H12N2O2.2ClH/c1-6(8(9)11)10-5-7-3-2-4-12-7;;/h2-4,6,10H,5H2,1H3,(H2,9,11);2*1H. The van der Waals surface area contributed by atoms with Crippen LogP contribution in [0.15, 0.2) is 22.8 Å². The van der Waals surface area contributed by atoms with Crippen molar-refractivity contribution in [3.63, 3.8) is 0 Å². The van der Waals surface area contributed by atoms with Crippen LogP contribution in [0.5, 0.6) is 0 Å². The average molecular weight is 241 g/mol. The number of amides is 1. The molecule has 1 aromatic rings. The number of hydrogen-bond acceptors (Lipinski definition) is 3. The summed E-state index contributed by atoms with van der Waals surface area (Å²) in [5.74, 6) is 0.435. The largest absolute Gasteiger partial charge is 0.468 e. The number of furan rings is 1. The molecular weight excluding hydrogens is 227 g/mol. The quantitative estimate of drug-likeness (QED) is 0.828. The first kappa shape index (κ1) is 15.7. The summed E-state index contributed by atoms with van der Waals surface area (Å²) in [6.07, 6.45) is 1.59. The number of carbonyl (C=O) groups excluding carboxylic acids is 1. The fourth-order valence-electron chi connectivity index (χ4n) is 0.767. The Hall–Kier alpha value is -0.710. The summed E-state index contributed by atoms with van der Waals surface area (Å²) in [7, 11) is 0. The first-order valence-corrected chi connectivity index (χ1v) is 3.75. The molecule has 0 fully saturated rings. The number of rotatable bonds is 4. The second-order valence-electron chi connectivity index (χ2n) is 2.58. The van der Waals surface area contributed by atoms with Gasteiger partial charge in [-0.1, -0.05) is 0 Å². The van der Waals surface area contributed by atoms with Gasteiger partial charge in [0.2, 0.25) is 5.91 Å². The van der Waals surface area contributed by atoms with Crippen LogP contribution in [0.2, 0.25) is 0 Å². The summed E-state index contributed by atoms with van der Waals surface area (Å²) in [5, 5.41) is 2.92. The summed E-state index contributed by atoms with van der Waals surface area (Å²) in [6.45, 7) is 2.24. The van der Waals surface area contributed by atoms with E-state index >= 15 is 0 Å². The Balaban J connectivity index is 0. The smallest absolute Gasteiger partial charge is 0.234 e. The molecule has 6 heteroatoms. The van der Waals surface area contributed by atoms with Gasteiger partial charge in [0.05, 0.1) is 18.8 Å². The van der Waals surface area contributed by atoms with Crippen LogP contribution in [0.1, 0.15) is 12.7 Å². The van der Waals surface area contributed by atoms with Gasteiger partial charge in [-0.3, -0.25) is 10.1 Å². The van der Waals surface area contributed by atoms with Crippen LogP contribution >= 0.6 is 24.8 Å². The number of hydrogen-bond donors (Lipinski definition) is 2. The minimum absolute atomic E-state index is 0. The third-order valence-corrected chi connectivity index (χ3v) is 1.59. The molecule has 3 N–H and O–H groups in total.